The molecule has 5 heteroatoms. The highest BCUT2D eigenvalue weighted by atomic mass is 19.3. The van der Waals surface area contributed by atoms with Gasteiger partial charge in [0.05, 0.1) is 5.56 Å². The third-order valence-electron chi connectivity index (χ3n) is 2.68. The van der Waals surface area contributed by atoms with Crippen LogP contribution >= 0.6 is 0 Å². The number of alkyl halides is 2. The third kappa shape index (κ3) is 3.09. The monoisotopic (exact) mass is 277 g/mol. The second-order valence-corrected chi connectivity index (χ2v) is 4.11. The predicted octanol–water partition coefficient (Wildman–Crippen LogP) is 3.87. The molecule has 0 aliphatic rings. The minimum Gasteiger partial charge on any atom is -0.487 e. The molecule has 0 bridgehead atoms. The van der Waals surface area contributed by atoms with Gasteiger partial charge in [-0.2, -0.15) is 14.0 Å². The molecule has 20 heavy (non-hydrogen) atoms. The molecule has 2 nitrogen and oxygen atoms in total. The molecule has 0 saturated carbocycles. The molecule has 0 aromatic heterocycles. The van der Waals surface area contributed by atoms with Gasteiger partial charge in [0.25, 0.3) is 0 Å². The van der Waals surface area contributed by atoms with Crippen molar-refractivity contribution in [1.29, 1.82) is 5.26 Å². The molecule has 0 unspecified atom stereocenters. The van der Waals surface area contributed by atoms with E-state index < -0.39 is 18.3 Å². The van der Waals surface area contributed by atoms with E-state index in [0.29, 0.717) is 0 Å². The fourth-order valence-electron chi connectivity index (χ4n) is 1.62. The van der Waals surface area contributed by atoms with Gasteiger partial charge in [-0.15, -0.1) is 0 Å². The molecule has 0 aliphatic carbocycles. The van der Waals surface area contributed by atoms with Crippen molar-refractivity contribution in [3.05, 3.63) is 65.5 Å². The Balaban J connectivity index is 2.09. The molecule has 2 aromatic carbocycles. The molecule has 0 spiro atoms. The molecule has 0 atom stereocenters. The summed E-state index contributed by atoms with van der Waals surface area (Å²) in [4.78, 5) is 0. The van der Waals surface area contributed by atoms with Crippen molar-refractivity contribution in [3.63, 3.8) is 0 Å². The van der Waals surface area contributed by atoms with Crippen molar-refractivity contribution >= 4 is 0 Å². The molecule has 0 N–H and O–H groups in total. The highest BCUT2D eigenvalue weighted by Gasteiger charge is 2.32. The van der Waals surface area contributed by atoms with E-state index in [-0.39, 0.29) is 16.9 Å². The Morgan fingerprint density at radius 1 is 1.10 bits per heavy atom. The fourth-order valence-corrected chi connectivity index (χ4v) is 1.62. The lowest BCUT2D eigenvalue weighted by Crippen LogP contribution is -2.23. The Labute approximate surface area is 114 Å². The second kappa shape index (κ2) is 5.66. The van der Waals surface area contributed by atoms with E-state index in [1.54, 1.807) is 12.1 Å². The molecule has 0 aliphatic heterocycles. The average molecular weight is 277 g/mol. The number of ether oxygens (including phenoxy) is 1. The average Bonchev–Trinajstić information content (AvgIpc) is 2.46. The summed E-state index contributed by atoms with van der Waals surface area (Å²) in [7, 11) is 0. The van der Waals surface area contributed by atoms with Gasteiger partial charge in [-0.3, -0.25) is 0 Å². The molecule has 2 rings (SSSR count). The maximum absolute atomic E-state index is 13.8. The smallest absolute Gasteiger partial charge is 0.306 e. The van der Waals surface area contributed by atoms with Gasteiger partial charge in [0, 0.05) is 11.6 Å². The minimum atomic E-state index is -3.17. The highest BCUT2D eigenvalue weighted by molar-refractivity contribution is 5.36. The van der Waals surface area contributed by atoms with Crippen molar-refractivity contribution in [1.82, 2.24) is 0 Å². The number of hydrogen-bond acceptors (Lipinski definition) is 2. The van der Waals surface area contributed by atoms with E-state index in [9.17, 15) is 13.2 Å². The van der Waals surface area contributed by atoms with Crippen LogP contribution in [0.3, 0.4) is 0 Å². The number of halogens is 3. The lowest BCUT2D eigenvalue weighted by Gasteiger charge is -2.17. The second-order valence-electron chi connectivity index (χ2n) is 4.11. The first-order valence-electron chi connectivity index (χ1n) is 5.79. The zero-order valence-corrected chi connectivity index (χ0v) is 10.3. The summed E-state index contributed by atoms with van der Waals surface area (Å²) in [6.45, 7) is -0.900. The van der Waals surface area contributed by atoms with E-state index >= 15 is 0 Å². The quantitative estimate of drug-likeness (QED) is 0.850. The van der Waals surface area contributed by atoms with Gasteiger partial charge in [0.2, 0.25) is 0 Å². The Bertz CT molecular complexity index is 635. The first-order chi connectivity index (χ1) is 9.53. The van der Waals surface area contributed by atoms with Gasteiger partial charge in [0.1, 0.15) is 17.6 Å². The van der Waals surface area contributed by atoms with Crippen LogP contribution in [0.5, 0.6) is 5.75 Å². The third-order valence-corrected chi connectivity index (χ3v) is 2.68. The summed E-state index contributed by atoms with van der Waals surface area (Å²) in [5.74, 6) is -4.02. The zero-order valence-electron chi connectivity index (χ0n) is 10.3. The molecule has 0 amide bonds. The largest absolute Gasteiger partial charge is 0.487 e. The molecular weight excluding hydrogens is 267 g/mol. The number of nitrogens with zero attached hydrogens (tertiary/aromatic N) is 1. The summed E-state index contributed by atoms with van der Waals surface area (Å²) in [6.07, 6.45) is 0. The molecule has 0 radical (unpaired) electrons. The van der Waals surface area contributed by atoms with Crippen LogP contribution in [0.1, 0.15) is 11.1 Å². The van der Waals surface area contributed by atoms with Crippen molar-refractivity contribution in [2.75, 3.05) is 6.61 Å². The van der Waals surface area contributed by atoms with E-state index in [1.165, 1.54) is 36.4 Å². The van der Waals surface area contributed by atoms with E-state index in [4.69, 9.17) is 10.00 Å². The molecule has 0 saturated heterocycles. The molecule has 102 valence electrons. The topological polar surface area (TPSA) is 33.0 Å². The van der Waals surface area contributed by atoms with Crippen molar-refractivity contribution < 1.29 is 17.9 Å². The summed E-state index contributed by atoms with van der Waals surface area (Å²) in [5, 5.41) is 8.57. The molecule has 2 aromatic rings. The zero-order chi connectivity index (χ0) is 14.6. The van der Waals surface area contributed by atoms with Gasteiger partial charge in [-0.1, -0.05) is 30.3 Å². The van der Waals surface area contributed by atoms with Crippen LogP contribution in [0.2, 0.25) is 0 Å². The Morgan fingerprint density at radius 3 is 2.40 bits per heavy atom. The van der Waals surface area contributed by atoms with Crippen LogP contribution in [0.25, 0.3) is 0 Å². The molecule has 0 heterocycles. The predicted molar refractivity (Wildman–Crippen MR) is 66.9 cm³/mol. The molecular formula is C15H10F3NO. The van der Waals surface area contributed by atoms with E-state index in [2.05, 4.69) is 0 Å². The number of hydrogen-bond donors (Lipinski definition) is 0. The summed E-state index contributed by atoms with van der Waals surface area (Å²) < 4.78 is 45.8. The van der Waals surface area contributed by atoms with Crippen molar-refractivity contribution in [3.8, 4) is 11.8 Å². The van der Waals surface area contributed by atoms with Crippen LogP contribution in [0.15, 0.2) is 48.5 Å². The number of rotatable bonds is 4. The normalized spacial score (nSPS) is 10.9. The summed E-state index contributed by atoms with van der Waals surface area (Å²) in [5.41, 5.74) is -0.332. The van der Waals surface area contributed by atoms with Gasteiger partial charge >= 0.3 is 5.92 Å². The number of nitriles is 1. The Morgan fingerprint density at radius 2 is 1.80 bits per heavy atom. The van der Waals surface area contributed by atoms with Gasteiger partial charge in [-0.05, 0) is 12.1 Å². The van der Waals surface area contributed by atoms with Gasteiger partial charge in [-0.25, -0.2) is 4.39 Å². The summed E-state index contributed by atoms with van der Waals surface area (Å²) >= 11 is 0. The van der Waals surface area contributed by atoms with Gasteiger partial charge in [0.15, 0.2) is 6.61 Å². The van der Waals surface area contributed by atoms with Gasteiger partial charge < -0.3 is 4.74 Å². The van der Waals surface area contributed by atoms with E-state index in [0.717, 1.165) is 6.07 Å². The molecule has 0 fully saturated rings. The lowest BCUT2D eigenvalue weighted by molar-refractivity contribution is -0.0467. The standard InChI is InChI=1S/C15H10F3NO/c16-14-8-13(7-6-11(14)9-19)20-10-15(17,18)12-4-2-1-3-5-12/h1-8H,10H2. The van der Waals surface area contributed by atoms with Crippen molar-refractivity contribution in [2.24, 2.45) is 0 Å². The summed E-state index contributed by atoms with van der Waals surface area (Å²) in [6, 6.07) is 12.3. The number of benzene rings is 2. The van der Waals surface area contributed by atoms with Crippen LogP contribution in [-0.4, -0.2) is 6.61 Å². The maximum atomic E-state index is 13.8. The van der Waals surface area contributed by atoms with Crippen molar-refractivity contribution in [2.45, 2.75) is 5.92 Å². The minimum absolute atomic E-state index is 0.0443. The fraction of sp³-hybridized carbons (Fsp3) is 0.133. The van der Waals surface area contributed by atoms with Crippen LogP contribution in [0.4, 0.5) is 13.2 Å². The first kappa shape index (κ1) is 13.9. The van der Waals surface area contributed by atoms with Crippen LogP contribution in [0, 0.1) is 17.1 Å². The Hall–Kier alpha value is -2.48. The Kier molecular flexibility index (Phi) is 3.94. The highest BCUT2D eigenvalue weighted by Crippen LogP contribution is 2.29. The SMILES string of the molecule is N#Cc1ccc(OCC(F)(F)c2ccccc2)cc1F. The van der Waals surface area contributed by atoms with E-state index in [1.807, 2.05) is 0 Å². The van der Waals surface area contributed by atoms with Crippen LogP contribution in [-0.2, 0) is 5.92 Å². The van der Waals surface area contributed by atoms with Crippen LogP contribution < -0.4 is 4.74 Å². The maximum Gasteiger partial charge on any atom is 0.306 e. The lowest BCUT2D eigenvalue weighted by atomic mass is 10.1. The first-order valence-corrected chi connectivity index (χ1v) is 5.79.